The van der Waals surface area contributed by atoms with Crippen molar-refractivity contribution in [3.05, 3.63) is 64.1 Å². The average molecular weight is 340 g/mol. The number of hydrogen-bond acceptors (Lipinski definition) is 1. The molecule has 20 heavy (non-hydrogen) atoms. The van der Waals surface area contributed by atoms with Gasteiger partial charge in [-0.2, -0.15) is 0 Å². The van der Waals surface area contributed by atoms with Crippen LogP contribution < -0.4 is 5.32 Å². The van der Waals surface area contributed by atoms with Crippen LogP contribution >= 0.6 is 15.9 Å². The van der Waals surface area contributed by atoms with E-state index >= 15 is 0 Å². The Kier molecular flexibility index (Phi) is 4.84. The normalized spacial score (nSPS) is 10.3. The predicted molar refractivity (Wildman–Crippen MR) is 77.5 cm³/mol. The number of carbonyl (C=O) groups is 1. The summed E-state index contributed by atoms with van der Waals surface area (Å²) in [5, 5.41) is 2.47. The molecular weight excluding hydrogens is 328 g/mol. The molecule has 104 valence electrons. The third-order valence-corrected chi connectivity index (χ3v) is 3.28. The van der Waals surface area contributed by atoms with Gasteiger partial charge in [0.2, 0.25) is 5.91 Å². The predicted octanol–water partition coefficient (Wildman–Crippen LogP) is 4.30. The molecule has 0 radical (unpaired) electrons. The van der Waals surface area contributed by atoms with Crippen molar-refractivity contribution < 1.29 is 13.6 Å². The Labute approximate surface area is 123 Å². The van der Waals surface area contributed by atoms with Crippen LogP contribution in [0.25, 0.3) is 0 Å². The van der Waals surface area contributed by atoms with Gasteiger partial charge >= 0.3 is 0 Å². The minimum absolute atomic E-state index is 0.0937. The smallest absolute Gasteiger partial charge is 0.224 e. The van der Waals surface area contributed by atoms with Crippen LogP contribution in [0, 0.1) is 11.6 Å². The first kappa shape index (κ1) is 14.7. The Hall–Kier alpha value is -1.75. The van der Waals surface area contributed by atoms with Crippen molar-refractivity contribution in [1.29, 1.82) is 0 Å². The summed E-state index contributed by atoms with van der Waals surface area (Å²) in [4.78, 5) is 11.7. The number of anilines is 1. The largest absolute Gasteiger partial charge is 0.324 e. The number of carbonyl (C=O) groups excluding carboxylic acids is 1. The molecule has 1 N–H and O–H groups in total. The molecule has 0 saturated carbocycles. The lowest BCUT2D eigenvalue weighted by Crippen LogP contribution is -2.13. The number of rotatable bonds is 4. The zero-order valence-electron chi connectivity index (χ0n) is 10.5. The van der Waals surface area contributed by atoms with Crippen LogP contribution in [0.1, 0.15) is 12.0 Å². The highest BCUT2D eigenvalue weighted by molar-refractivity contribution is 9.10. The SMILES string of the molecule is O=C(CCc1ccccc1F)Nc1ccc(Br)cc1F. The van der Waals surface area contributed by atoms with E-state index in [-0.39, 0.29) is 30.3 Å². The number of benzene rings is 2. The van der Waals surface area contributed by atoms with E-state index in [2.05, 4.69) is 21.2 Å². The maximum atomic E-state index is 13.5. The minimum atomic E-state index is -0.515. The molecule has 0 fully saturated rings. The standard InChI is InChI=1S/C15H12BrF2NO/c16-11-6-7-14(13(18)9-11)19-15(20)8-5-10-3-1-2-4-12(10)17/h1-4,6-7,9H,5,8H2,(H,19,20). The quantitative estimate of drug-likeness (QED) is 0.884. The van der Waals surface area contributed by atoms with E-state index in [0.717, 1.165) is 0 Å². The van der Waals surface area contributed by atoms with Gasteiger partial charge in [0.25, 0.3) is 0 Å². The first-order chi connectivity index (χ1) is 9.56. The summed E-state index contributed by atoms with van der Waals surface area (Å²) >= 11 is 3.14. The molecule has 0 atom stereocenters. The molecule has 2 aromatic carbocycles. The zero-order valence-corrected chi connectivity index (χ0v) is 12.1. The van der Waals surface area contributed by atoms with Crippen molar-refractivity contribution in [3.63, 3.8) is 0 Å². The van der Waals surface area contributed by atoms with Gasteiger partial charge in [0, 0.05) is 10.9 Å². The van der Waals surface area contributed by atoms with Crippen LogP contribution in [0.15, 0.2) is 46.9 Å². The van der Waals surface area contributed by atoms with Crippen LogP contribution in [0.2, 0.25) is 0 Å². The van der Waals surface area contributed by atoms with E-state index in [1.165, 1.54) is 18.2 Å². The number of aryl methyl sites for hydroxylation is 1. The third-order valence-electron chi connectivity index (χ3n) is 2.78. The molecule has 1 amide bonds. The highest BCUT2D eigenvalue weighted by Crippen LogP contribution is 2.19. The van der Waals surface area contributed by atoms with Gasteiger partial charge in [-0.1, -0.05) is 34.1 Å². The van der Waals surface area contributed by atoms with Crippen LogP contribution in [-0.2, 0) is 11.2 Å². The van der Waals surface area contributed by atoms with Gasteiger partial charge in [-0.25, -0.2) is 8.78 Å². The molecule has 0 aliphatic rings. The van der Waals surface area contributed by atoms with Gasteiger partial charge < -0.3 is 5.32 Å². The fourth-order valence-corrected chi connectivity index (χ4v) is 2.09. The fraction of sp³-hybridized carbons (Fsp3) is 0.133. The van der Waals surface area contributed by atoms with Crippen LogP contribution in [0.5, 0.6) is 0 Å². The summed E-state index contributed by atoms with van der Waals surface area (Å²) in [7, 11) is 0. The molecule has 0 aliphatic carbocycles. The monoisotopic (exact) mass is 339 g/mol. The summed E-state index contributed by atoms with van der Waals surface area (Å²) in [6, 6.07) is 10.7. The molecule has 0 heterocycles. The van der Waals surface area contributed by atoms with Crippen LogP contribution in [0.4, 0.5) is 14.5 Å². The highest BCUT2D eigenvalue weighted by Gasteiger charge is 2.09. The van der Waals surface area contributed by atoms with Crippen molar-refractivity contribution in [2.24, 2.45) is 0 Å². The van der Waals surface area contributed by atoms with Gasteiger partial charge in [-0.05, 0) is 36.2 Å². The zero-order chi connectivity index (χ0) is 14.5. The summed E-state index contributed by atoms with van der Waals surface area (Å²) in [6.07, 6.45) is 0.368. The van der Waals surface area contributed by atoms with E-state index in [4.69, 9.17) is 0 Å². The molecule has 0 bridgehead atoms. The third kappa shape index (κ3) is 3.87. The van der Waals surface area contributed by atoms with Crippen LogP contribution in [-0.4, -0.2) is 5.91 Å². The lowest BCUT2D eigenvalue weighted by molar-refractivity contribution is -0.116. The van der Waals surface area contributed by atoms with Gasteiger partial charge in [0.1, 0.15) is 11.6 Å². The molecule has 0 spiro atoms. The molecule has 0 saturated heterocycles. The number of amides is 1. The Morgan fingerprint density at radius 3 is 2.55 bits per heavy atom. The van der Waals surface area contributed by atoms with Gasteiger partial charge in [-0.3, -0.25) is 4.79 Å². The first-order valence-corrected chi connectivity index (χ1v) is 6.84. The van der Waals surface area contributed by atoms with Crippen molar-refractivity contribution in [3.8, 4) is 0 Å². The number of halogens is 3. The maximum Gasteiger partial charge on any atom is 0.224 e. The highest BCUT2D eigenvalue weighted by atomic mass is 79.9. The summed E-state index contributed by atoms with van der Waals surface area (Å²) < 4.78 is 27.5. The van der Waals surface area contributed by atoms with E-state index < -0.39 is 5.82 Å². The molecule has 2 rings (SSSR count). The van der Waals surface area contributed by atoms with Crippen molar-refractivity contribution >= 4 is 27.5 Å². The molecular formula is C15H12BrF2NO. The van der Waals surface area contributed by atoms with Gasteiger partial charge in [0.15, 0.2) is 0 Å². The van der Waals surface area contributed by atoms with E-state index in [0.29, 0.717) is 10.0 Å². The summed E-state index contributed by atoms with van der Waals surface area (Å²) in [5.74, 6) is -1.21. The topological polar surface area (TPSA) is 29.1 Å². The van der Waals surface area contributed by atoms with Crippen molar-refractivity contribution in [2.45, 2.75) is 12.8 Å². The maximum absolute atomic E-state index is 13.5. The Morgan fingerprint density at radius 2 is 1.85 bits per heavy atom. The average Bonchev–Trinajstić information content (AvgIpc) is 2.41. The van der Waals surface area contributed by atoms with Crippen molar-refractivity contribution in [1.82, 2.24) is 0 Å². The molecule has 5 heteroatoms. The lowest BCUT2D eigenvalue weighted by atomic mass is 10.1. The molecule has 2 aromatic rings. The Bertz CT molecular complexity index is 631. The number of nitrogens with one attached hydrogen (secondary N) is 1. The Morgan fingerprint density at radius 1 is 1.10 bits per heavy atom. The first-order valence-electron chi connectivity index (χ1n) is 6.04. The van der Waals surface area contributed by atoms with E-state index in [9.17, 15) is 13.6 Å². The van der Waals surface area contributed by atoms with Gasteiger partial charge in [0.05, 0.1) is 5.69 Å². The van der Waals surface area contributed by atoms with E-state index in [1.54, 1.807) is 24.3 Å². The van der Waals surface area contributed by atoms with Crippen LogP contribution in [0.3, 0.4) is 0 Å². The van der Waals surface area contributed by atoms with Crippen molar-refractivity contribution in [2.75, 3.05) is 5.32 Å². The molecule has 0 aromatic heterocycles. The van der Waals surface area contributed by atoms with Gasteiger partial charge in [-0.15, -0.1) is 0 Å². The summed E-state index contributed by atoms with van der Waals surface area (Å²) in [6.45, 7) is 0. The lowest BCUT2D eigenvalue weighted by Gasteiger charge is -2.07. The summed E-state index contributed by atoms with van der Waals surface area (Å²) in [5.41, 5.74) is 0.589. The second-order valence-electron chi connectivity index (χ2n) is 4.26. The molecule has 0 aliphatic heterocycles. The minimum Gasteiger partial charge on any atom is -0.324 e. The Balaban J connectivity index is 1.94. The molecule has 0 unspecified atom stereocenters. The second kappa shape index (κ2) is 6.61. The fourth-order valence-electron chi connectivity index (χ4n) is 1.75. The number of hydrogen-bond donors (Lipinski definition) is 1. The molecule has 2 nitrogen and oxygen atoms in total. The van der Waals surface area contributed by atoms with E-state index in [1.807, 2.05) is 0 Å². The second-order valence-corrected chi connectivity index (χ2v) is 5.18.